The molecule has 0 saturated carbocycles. The van der Waals surface area contributed by atoms with Gasteiger partial charge in [0.15, 0.2) is 10.8 Å². The van der Waals surface area contributed by atoms with E-state index in [9.17, 15) is 18.4 Å². The van der Waals surface area contributed by atoms with Crippen LogP contribution in [0.4, 0.5) is 13.9 Å². The van der Waals surface area contributed by atoms with Crippen LogP contribution in [0.1, 0.15) is 26.4 Å². The monoisotopic (exact) mass is 478 g/mol. The second-order valence-electron chi connectivity index (χ2n) is 7.48. The minimum Gasteiger partial charge on any atom is -0.375 e. The van der Waals surface area contributed by atoms with Crippen molar-refractivity contribution >= 4 is 44.1 Å². The molecule has 0 atom stereocenters. The number of thiazole rings is 1. The van der Waals surface area contributed by atoms with Gasteiger partial charge in [-0.25, -0.2) is 18.7 Å². The molecule has 11 heteroatoms. The molecule has 2 amide bonds. The molecule has 5 N–H and O–H groups in total. The normalized spacial score (nSPS) is 11.2. The molecule has 3 aromatic heterocycles. The summed E-state index contributed by atoms with van der Waals surface area (Å²) in [5.41, 5.74) is 13.1. The molecule has 5 aromatic rings. The number of primary amides is 1. The van der Waals surface area contributed by atoms with Crippen molar-refractivity contribution < 1.29 is 18.4 Å². The fraction of sp³-hybridized carbons (Fsp3) is 0.0435. The molecule has 170 valence electrons. The molecule has 0 aliphatic heterocycles. The van der Waals surface area contributed by atoms with Gasteiger partial charge in [-0.15, -0.1) is 0 Å². The summed E-state index contributed by atoms with van der Waals surface area (Å²) < 4.78 is 29.8. The van der Waals surface area contributed by atoms with Crippen LogP contribution in [0.25, 0.3) is 27.1 Å². The Bertz CT molecular complexity index is 1590. The Hall–Kier alpha value is -4.38. The number of halogens is 2. The summed E-state index contributed by atoms with van der Waals surface area (Å²) in [6.07, 6.45) is 1.50. The first-order chi connectivity index (χ1) is 16.3. The van der Waals surface area contributed by atoms with Gasteiger partial charge >= 0.3 is 0 Å². The highest BCUT2D eigenvalue weighted by molar-refractivity contribution is 7.22. The first-order valence-electron chi connectivity index (χ1n) is 10.0. The predicted molar refractivity (Wildman–Crippen MR) is 124 cm³/mol. The fourth-order valence-corrected chi connectivity index (χ4v) is 4.54. The van der Waals surface area contributed by atoms with Crippen LogP contribution >= 0.6 is 11.3 Å². The molecular weight excluding hydrogens is 462 g/mol. The predicted octanol–water partition coefficient (Wildman–Crippen LogP) is 3.50. The van der Waals surface area contributed by atoms with E-state index in [1.54, 1.807) is 6.07 Å². The van der Waals surface area contributed by atoms with Crippen molar-refractivity contribution in [3.8, 4) is 11.3 Å². The van der Waals surface area contributed by atoms with E-state index in [0.717, 1.165) is 27.9 Å². The maximum absolute atomic E-state index is 13.8. The van der Waals surface area contributed by atoms with Crippen LogP contribution in [0.5, 0.6) is 0 Å². The number of nitrogens with zero attached hydrogens (tertiary/aromatic N) is 3. The summed E-state index contributed by atoms with van der Waals surface area (Å²) in [6, 6.07) is 11.4. The third kappa shape index (κ3) is 3.82. The maximum Gasteiger partial charge on any atom is 0.268 e. The van der Waals surface area contributed by atoms with Crippen LogP contribution in [0.3, 0.4) is 0 Å². The maximum atomic E-state index is 13.8. The number of benzene rings is 2. The van der Waals surface area contributed by atoms with Gasteiger partial charge in [-0.2, -0.15) is 0 Å². The molecule has 0 aliphatic rings. The second-order valence-corrected chi connectivity index (χ2v) is 8.55. The van der Waals surface area contributed by atoms with E-state index in [1.807, 2.05) is 18.2 Å². The van der Waals surface area contributed by atoms with Gasteiger partial charge in [-0.05, 0) is 42.0 Å². The molecule has 0 unspecified atom stereocenters. The Morgan fingerprint density at radius 2 is 1.82 bits per heavy atom. The third-order valence-electron chi connectivity index (χ3n) is 5.19. The highest BCUT2D eigenvalue weighted by Crippen LogP contribution is 2.28. The first kappa shape index (κ1) is 21.5. The number of imidazole rings is 1. The van der Waals surface area contributed by atoms with Crippen molar-refractivity contribution in [2.75, 3.05) is 5.73 Å². The van der Waals surface area contributed by atoms with Gasteiger partial charge in [0.1, 0.15) is 23.0 Å². The van der Waals surface area contributed by atoms with Gasteiger partial charge in [-0.1, -0.05) is 17.4 Å². The van der Waals surface area contributed by atoms with Crippen LogP contribution in [0.15, 0.2) is 54.7 Å². The Balaban J connectivity index is 1.51. The molecule has 2 aromatic carbocycles. The second kappa shape index (κ2) is 8.19. The molecule has 0 saturated heterocycles. The van der Waals surface area contributed by atoms with Crippen LogP contribution in [-0.2, 0) is 6.54 Å². The molecule has 0 spiro atoms. The van der Waals surface area contributed by atoms with E-state index in [-0.39, 0.29) is 34.7 Å². The number of fused-ring (bicyclic) bond motifs is 2. The van der Waals surface area contributed by atoms with Crippen molar-refractivity contribution in [3.63, 3.8) is 0 Å². The Kier molecular flexibility index (Phi) is 5.17. The van der Waals surface area contributed by atoms with Crippen molar-refractivity contribution in [1.29, 1.82) is 0 Å². The Morgan fingerprint density at radius 3 is 2.56 bits per heavy atom. The van der Waals surface area contributed by atoms with Gasteiger partial charge in [0.05, 0.1) is 15.8 Å². The lowest BCUT2D eigenvalue weighted by Crippen LogP contribution is -2.23. The number of amides is 2. The smallest absolute Gasteiger partial charge is 0.268 e. The number of aromatic nitrogens is 3. The zero-order valence-electron chi connectivity index (χ0n) is 17.4. The lowest BCUT2D eigenvalue weighted by atomic mass is 10.1. The molecule has 3 heterocycles. The first-order valence-corrected chi connectivity index (χ1v) is 10.8. The summed E-state index contributed by atoms with van der Waals surface area (Å²) >= 11 is 1.35. The van der Waals surface area contributed by atoms with E-state index in [4.69, 9.17) is 11.5 Å². The Morgan fingerprint density at radius 1 is 1.06 bits per heavy atom. The zero-order chi connectivity index (χ0) is 24.0. The minimum absolute atomic E-state index is 0.0264. The summed E-state index contributed by atoms with van der Waals surface area (Å²) in [5.74, 6) is -2.98. The summed E-state index contributed by atoms with van der Waals surface area (Å²) in [5, 5.41) is 3.28. The average Bonchev–Trinajstić information content (AvgIpc) is 3.36. The number of hydrogen-bond acceptors (Lipinski definition) is 6. The summed E-state index contributed by atoms with van der Waals surface area (Å²) in [7, 11) is 0. The third-order valence-corrected chi connectivity index (χ3v) is 6.03. The molecule has 8 nitrogen and oxygen atoms in total. The fourth-order valence-electron chi connectivity index (χ4n) is 3.75. The van der Waals surface area contributed by atoms with E-state index in [2.05, 4.69) is 15.3 Å². The number of rotatable bonds is 5. The number of nitrogens with two attached hydrogens (primary N) is 2. The van der Waals surface area contributed by atoms with Crippen molar-refractivity contribution in [1.82, 2.24) is 19.7 Å². The van der Waals surface area contributed by atoms with Gasteiger partial charge in [0.25, 0.3) is 11.8 Å². The number of carbonyl (C=O) groups is 2. The molecule has 0 fully saturated rings. The van der Waals surface area contributed by atoms with Crippen molar-refractivity contribution in [3.05, 3.63) is 83.2 Å². The number of hydrogen-bond donors (Lipinski definition) is 3. The SMILES string of the molecule is NC(=O)c1c(-c2cc(F)cc(F)c2)nc2c(C(=O)NCc3ccc4nc(N)sc4c3)cccn12. The number of nitrogens with one attached hydrogen (secondary N) is 1. The van der Waals surface area contributed by atoms with E-state index in [1.165, 1.54) is 28.0 Å². The standard InChI is InChI=1S/C23H16F2N6O2S/c24-13-7-12(8-14(25)9-13)18-19(20(26)32)31-5-1-2-15(21(31)30-18)22(33)28-10-11-3-4-16-17(6-11)34-23(27)29-16/h1-9H,10H2,(H2,26,32)(H2,27,29)(H,28,33). The van der Waals surface area contributed by atoms with Crippen LogP contribution in [-0.4, -0.2) is 26.2 Å². The van der Waals surface area contributed by atoms with Gasteiger partial charge in [0.2, 0.25) is 0 Å². The molecule has 0 radical (unpaired) electrons. The van der Waals surface area contributed by atoms with E-state index < -0.39 is 23.4 Å². The molecule has 0 bridgehead atoms. The van der Waals surface area contributed by atoms with Crippen LogP contribution in [0, 0.1) is 11.6 Å². The van der Waals surface area contributed by atoms with Gasteiger partial charge in [-0.3, -0.25) is 14.0 Å². The topological polar surface area (TPSA) is 128 Å². The lowest BCUT2D eigenvalue weighted by Gasteiger charge is -2.07. The zero-order valence-corrected chi connectivity index (χ0v) is 18.2. The molecule has 0 aliphatic carbocycles. The number of nitrogen functional groups attached to an aromatic ring is 1. The van der Waals surface area contributed by atoms with Crippen LogP contribution < -0.4 is 16.8 Å². The number of anilines is 1. The average molecular weight is 478 g/mol. The van der Waals surface area contributed by atoms with Crippen molar-refractivity contribution in [2.45, 2.75) is 6.54 Å². The van der Waals surface area contributed by atoms with E-state index >= 15 is 0 Å². The largest absolute Gasteiger partial charge is 0.375 e. The number of pyridine rings is 1. The molecule has 5 rings (SSSR count). The molecular formula is C23H16F2N6O2S. The summed E-state index contributed by atoms with van der Waals surface area (Å²) in [4.78, 5) is 33.8. The quantitative estimate of drug-likeness (QED) is 0.356. The van der Waals surface area contributed by atoms with Crippen molar-refractivity contribution in [2.24, 2.45) is 5.73 Å². The highest BCUT2D eigenvalue weighted by Gasteiger charge is 2.23. The van der Waals surface area contributed by atoms with Crippen LogP contribution in [0.2, 0.25) is 0 Å². The van der Waals surface area contributed by atoms with Gasteiger partial charge in [0, 0.05) is 24.4 Å². The lowest BCUT2D eigenvalue weighted by molar-refractivity contribution is 0.0949. The molecule has 34 heavy (non-hydrogen) atoms. The highest BCUT2D eigenvalue weighted by atomic mass is 32.1. The Labute approximate surface area is 194 Å². The summed E-state index contributed by atoms with van der Waals surface area (Å²) in [6.45, 7) is 0.221. The van der Waals surface area contributed by atoms with E-state index in [0.29, 0.717) is 11.2 Å². The van der Waals surface area contributed by atoms with Gasteiger partial charge < -0.3 is 16.8 Å². The minimum atomic E-state index is -0.859. The number of carbonyl (C=O) groups excluding carboxylic acids is 2.